The van der Waals surface area contributed by atoms with Gasteiger partial charge in [0, 0.05) is 76.7 Å². The van der Waals surface area contributed by atoms with E-state index < -0.39 is 18.1 Å². The van der Waals surface area contributed by atoms with Crippen LogP contribution in [0.1, 0.15) is 36.4 Å². The fourth-order valence-electron chi connectivity index (χ4n) is 8.23. The maximum atomic E-state index is 13.7. The monoisotopic (exact) mass is 1070 g/mol. The van der Waals surface area contributed by atoms with Gasteiger partial charge in [0.15, 0.2) is 0 Å². The van der Waals surface area contributed by atoms with Gasteiger partial charge in [-0.25, -0.2) is 0 Å². The van der Waals surface area contributed by atoms with Crippen molar-refractivity contribution in [3.8, 4) is 11.5 Å². The summed E-state index contributed by atoms with van der Waals surface area (Å²) in [5, 5.41) is 31.5. The number of carbonyl (C=O) groups excluding carboxylic acids is 2. The molecule has 7 rings (SSSR count). The SMILES string of the molecule is CC(=O)[O-].CC(=O)[O-].COc1cc(CN(CCN(C)C)Cc2ccccn2)c([O-])c(CN(CCN(C)C)Cc2ccccn2)c1.[Zn+2].[Zn+2].c1ccc([B-](c2ccccc2)(c2ccccc2)c2ccccc2)cc1. The Morgan fingerprint density at radius 2 is 0.778 bits per heavy atom. The number of benzene rings is 5. The molecule has 0 aliphatic rings. The third kappa shape index (κ3) is 21.0. The first-order valence-corrected chi connectivity index (χ1v) is 23.4. The van der Waals surface area contributed by atoms with E-state index in [1.165, 1.54) is 21.9 Å². The molecule has 0 fully saturated rings. The van der Waals surface area contributed by atoms with Crippen LogP contribution in [0.4, 0.5) is 0 Å². The smallest absolute Gasteiger partial charge is 0.872 e. The zero-order valence-corrected chi connectivity index (χ0v) is 49.0. The molecule has 15 heteroatoms. The molecule has 0 aliphatic heterocycles. The van der Waals surface area contributed by atoms with Crippen LogP contribution < -0.4 is 41.9 Å². The Kier molecular flexibility index (Phi) is 29.1. The number of likely N-dealkylation sites (N-methyl/N-ethyl adjacent to an activating group) is 2. The number of carboxylic acids is 2. The van der Waals surface area contributed by atoms with Crippen molar-refractivity contribution in [1.29, 1.82) is 0 Å². The van der Waals surface area contributed by atoms with Crippen LogP contribution in [0, 0.1) is 0 Å². The molecule has 0 unspecified atom stereocenters. The summed E-state index contributed by atoms with van der Waals surface area (Å²) in [6.07, 6.45) is 2.41. The van der Waals surface area contributed by atoms with Crippen LogP contribution in [0.15, 0.2) is 182 Å². The van der Waals surface area contributed by atoms with E-state index in [2.05, 4.69) is 179 Å². The molecule has 0 saturated heterocycles. The molecule has 368 valence electrons. The molecule has 0 atom stereocenters. The van der Waals surface area contributed by atoms with Gasteiger partial charge in [-0.3, -0.25) is 19.8 Å². The van der Waals surface area contributed by atoms with Crippen LogP contribution >= 0.6 is 0 Å². The third-order valence-corrected chi connectivity index (χ3v) is 11.4. The number of carboxylic acid groups (broad SMARTS) is 2. The van der Waals surface area contributed by atoms with Gasteiger partial charge in [-0.2, -0.15) is 21.9 Å². The van der Waals surface area contributed by atoms with Gasteiger partial charge in [0.25, 0.3) is 0 Å². The van der Waals surface area contributed by atoms with Crippen molar-refractivity contribution in [2.75, 3.05) is 61.5 Å². The number of aromatic nitrogens is 2. The molecule has 0 bridgehead atoms. The van der Waals surface area contributed by atoms with Gasteiger partial charge in [-0.15, -0.1) is 0 Å². The Balaban J connectivity index is 0.000000438. The van der Waals surface area contributed by atoms with Gasteiger partial charge in [0.1, 0.15) is 11.9 Å². The average Bonchev–Trinajstić information content (AvgIpc) is 3.35. The fraction of sp³-hybridized carbons (Fsp3) is 0.263. The van der Waals surface area contributed by atoms with E-state index in [-0.39, 0.29) is 44.7 Å². The third-order valence-electron chi connectivity index (χ3n) is 11.4. The van der Waals surface area contributed by atoms with Gasteiger partial charge in [-0.1, -0.05) is 139 Å². The van der Waals surface area contributed by atoms with E-state index >= 15 is 0 Å². The molecule has 5 aromatic carbocycles. The van der Waals surface area contributed by atoms with Gasteiger partial charge in [0.05, 0.1) is 18.5 Å². The van der Waals surface area contributed by atoms with E-state index in [1.807, 2.05) is 60.9 Å². The molecule has 0 saturated carbocycles. The minimum Gasteiger partial charge on any atom is -0.872 e. The average molecular weight is 1070 g/mol. The van der Waals surface area contributed by atoms with Crippen molar-refractivity contribution in [2.45, 2.75) is 40.0 Å². The van der Waals surface area contributed by atoms with Crippen LogP contribution in [0.5, 0.6) is 11.5 Å². The van der Waals surface area contributed by atoms with Crippen molar-refractivity contribution in [3.63, 3.8) is 0 Å². The number of aliphatic carboxylic acids is 2. The van der Waals surface area contributed by atoms with E-state index in [0.29, 0.717) is 31.9 Å². The van der Waals surface area contributed by atoms with Crippen LogP contribution in [-0.4, -0.2) is 109 Å². The summed E-state index contributed by atoms with van der Waals surface area (Å²) in [6, 6.07) is 59.2. The molecule has 0 N–H and O–H groups in total. The molecular weight excluding hydrogens is 1010 g/mol. The van der Waals surface area contributed by atoms with Gasteiger partial charge < -0.3 is 39.4 Å². The fourth-order valence-corrected chi connectivity index (χ4v) is 8.23. The first-order chi connectivity index (χ1) is 33.7. The van der Waals surface area contributed by atoms with Crippen molar-refractivity contribution < 1.29 is 68.6 Å². The number of nitrogens with zero attached hydrogens (tertiary/aromatic N) is 6. The Bertz CT molecular complexity index is 2290. The molecule has 0 aliphatic carbocycles. The zero-order valence-electron chi connectivity index (χ0n) is 43.1. The summed E-state index contributed by atoms with van der Waals surface area (Å²) in [6.45, 7) is 7.79. The summed E-state index contributed by atoms with van der Waals surface area (Å²) in [4.78, 5) is 35.6. The first kappa shape index (κ1) is 62.2. The molecule has 7 aromatic rings. The Morgan fingerprint density at radius 1 is 0.486 bits per heavy atom. The summed E-state index contributed by atoms with van der Waals surface area (Å²) < 4.78 is 5.63. The van der Waals surface area contributed by atoms with Crippen LogP contribution in [0.25, 0.3) is 0 Å². The van der Waals surface area contributed by atoms with E-state index in [4.69, 9.17) is 24.5 Å². The zero-order chi connectivity index (χ0) is 50.7. The van der Waals surface area contributed by atoms with Crippen molar-refractivity contribution in [2.24, 2.45) is 0 Å². The predicted molar refractivity (Wildman–Crippen MR) is 278 cm³/mol. The Labute approximate surface area is 453 Å². The van der Waals surface area contributed by atoms with Crippen LogP contribution in [-0.2, 0) is 74.7 Å². The first-order valence-electron chi connectivity index (χ1n) is 23.4. The molecular formula is C57H67BN6O6Zn2. The second-order valence-electron chi connectivity index (χ2n) is 17.4. The maximum absolute atomic E-state index is 13.7. The molecule has 2 heterocycles. The standard InChI is InChI=1S/C29H42N6O2.C24H20B.2C2H4O2.2Zn/c1-32(2)14-16-34(22-26-10-6-8-12-30-26)20-24-18-28(37-5)19-25(29(24)36)21-35(17-15-33(3)4)23-27-11-7-9-13-31-27;1-5-13-21(14-6-1)25(22-15-7-2-8-16-22,23-17-9-3-10-18-23)24-19-11-4-12-20-24;2*1-2(3)4;;/h6-13,18-19,36H,14-17,20-23H2,1-5H3;1-20H;2*1H3,(H,3,4);;/q;-1;;;2*+2/p-3. The van der Waals surface area contributed by atoms with Gasteiger partial charge in [0.2, 0.25) is 0 Å². The molecule has 0 radical (unpaired) electrons. The molecule has 72 heavy (non-hydrogen) atoms. The predicted octanol–water partition coefficient (Wildman–Crippen LogP) is 3.26. The van der Waals surface area contributed by atoms with E-state index in [0.717, 1.165) is 62.5 Å². The Hall–Kier alpha value is -5.91. The normalized spacial score (nSPS) is 10.6. The number of carbonyl (C=O) groups is 2. The number of ether oxygens (including phenoxy) is 1. The minimum atomic E-state index is -1.22. The van der Waals surface area contributed by atoms with Crippen LogP contribution in [0.2, 0.25) is 0 Å². The van der Waals surface area contributed by atoms with E-state index in [9.17, 15) is 5.11 Å². The number of hydrogen-bond acceptors (Lipinski definition) is 12. The number of pyridine rings is 2. The van der Waals surface area contributed by atoms with E-state index in [1.54, 1.807) is 7.11 Å². The summed E-state index contributed by atoms with van der Waals surface area (Å²) in [5.41, 5.74) is 8.82. The van der Waals surface area contributed by atoms with Gasteiger partial charge in [-0.05, 0) is 89.6 Å². The second kappa shape index (κ2) is 33.7. The quantitative estimate of drug-likeness (QED) is 0.110. The van der Waals surface area contributed by atoms with Crippen molar-refractivity contribution >= 4 is 39.9 Å². The maximum Gasteiger partial charge on any atom is 2.00 e. The second-order valence-corrected chi connectivity index (χ2v) is 17.4. The van der Waals surface area contributed by atoms with Crippen molar-refractivity contribution in [1.82, 2.24) is 29.6 Å². The number of methoxy groups -OCH3 is 1. The molecule has 0 amide bonds. The van der Waals surface area contributed by atoms with Crippen molar-refractivity contribution in [3.05, 3.63) is 205 Å². The van der Waals surface area contributed by atoms with Gasteiger partial charge >= 0.3 is 39.0 Å². The molecule has 2 aromatic heterocycles. The number of rotatable bonds is 19. The minimum absolute atomic E-state index is 0. The number of hydrogen-bond donors (Lipinski definition) is 0. The molecule has 0 spiro atoms. The summed E-state index contributed by atoms with van der Waals surface area (Å²) >= 11 is 0. The topological polar surface area (TPSA) is 151 Å². The summed E-state index contributed by atoms with van der Waals surface area (Å²) in [5.74, 6) is -1.38. The summed E-state index contributed by atoms with van der Waals surface area (Å²) in [7, 11) is 9.90. The van der Waals surface area contributed by atoms with Crippen LogP contribution in [0.3, 0.4) is 0 Å². The largest absolute Gasteiger partial charge is 2.00 e. The Morgan fingerprint density at radius 3 is 1.03 bits per heavy atom. The molecule has 12 nitrogen and oxygen atoms in total.